The van der Waals surface area contributed by atoms with Crippen LogP contribution in [-0.4, -0.2) is 22.3 Å². The summed E-state index contributed by atoms with van der Waals surface area (Å²) in [7, 11) is 1.57. The molecule has 100 valence electrons. The molecule has 2 rings (SSSR count). The number of rotatable bonds is 3. The van der Waals surface area contributed by atoms with E-state index in [1.807, 2.05) is 26.0 Å². The van der Waals surface area contributed by atoms with Crippen molar-refractivity contribution in [3.8, 4) is 22.6 Å². The van der Waals surface area contributed by atoms with Gasteiger partial charge in [0.05, 0.1) is 19.4 Å². The lowest BCUT2D eigenvalue weighted by Crippen LogP contribution is -1.96. The maximum atomic E-state index is 9.62. The molecule has 1 aromatic heterocycles. The van der Waals surface area contributed by atoms with E-state index in [0.29, 0.717) is 11.4 Å². The third-order valence-electron chi connectivity index (χ3n) is 2.96. The van der Waals surface area contributed by atoms with Crippen LogP contribution in [0.3, 0.4) is 0 Å². The van der Waals surface area contributed by atoms with Crippen molar-refractivity contribution in [3.05, 3.63) is 41.2 Å². The molecule has 1 heterocycles. The van der Waals surface area contributed by atoms with Crippen LogP contribution in [0.1, 0.15) is 17.0 Å². The number of hydrogen-bond acceptors (Lipinski definition) is 4. The van der Waals surface area contributed by atoms with Gasteiger partial charge in [-0.2, -0.15) is 0 Å². The summed E-state index contributed by atoms with van der Waals surface area (Å²) in [5.41, 5.74) is 4.18. The molecule has 4 nitrogen and oxygen atoms in total. The Morgan fingerprint density at radius 1 is 1.16 bits per heavy atom. The molecule has 0 fully saturated rings. The fraction of sp³-hybridized carbons (Fsp3) is 0.267. The van der Waals surface area contributed by atoms with Crippen LogP contribution in [0.2, 0.25) is 0 Å². The Labute approximate surface area is 112 Å². The van der Waals surface area contributed by atoms with E-state index in [9.17, 15) is 10.2 Å². The second kappa shape index (κ2) is 5.28. The maximum Gasteiger partial charge on any atom is 0.130 e. The van der Waals surface area contributed by atoms with Gasteiger partial charge >= 0.3 is 0 Å². The number of nitrogens with zero attached hydrogens (tertiary/aromatic N) is 1. The first-order valence-corrected chi connectivity index (χ1v) is 6.01. The number of aliphatic hydroxyl groups excluding tert-OH is 1. The highest BCUT2D eigenvalue weighted by Crippen LogP contribution is 2.36. The molecule has 4 heteroatoms. The zero-order valence-electron chi connectivity index (χ0n) is 11.3. The zero-order valence-corrected chi connectivity index (χ0v) is 11.3. The SMILES string of the molecule is COc1cc(O)cc(C)c1-c1cc(C)nc(CO)c1. The number of phenols is 1. The molecule has 2 aromatic rings. The number of aliphatic hydroxyl groups is 1. The van der Waals surface area contributed by atoms with E-state index in [1.54, 1.807) is 19.2 Å². The lowest BCUT2D eigenvalue weighted by Gasteiger charge is -2.14. The lowest BCUT2D eigenvalue weighted by atomic mass is 9.98. The second-order valence-electron chi connectivity index (χ2n) is 4.49. The Morgan fingerprint density at radius 3 is 2.53 bits per heavy atom. The van der Waals surface area contributed by atoms with Gasteiger partial charge < -0.3 is 14.9 Å². The summed E-state index contributed by atoms with van der Waals surface area (Å²) in [5, 5.41) is 18.9. The Bertz CT molecular complexity index is 609. The summed E-state index contributed by atoms with van der Waals surface area (Å²) in [6.07, 6.45) is 0. The molecule has 19 heavy (non-hydrogen) atoms. The standard InChI is InChI=1S/C15H17NO3/c1-9-4-13(18)7-14(19-3)15(9)11-5-10(2)16-12(6-11)8-17/h4-7,17-18H,8H2,1-3H3. The van der Waals surface area contributed by atoms with Crippen molar-refractivity contribution in [3.63, 3.8) is 0 Å². The molecule has 0 aliphatic heterocycles. The summed E-state index contributed by atoms with van der Waals surface area (Å²) in [5.74, 6) is 0.776. The van der Waals surface area contributed by atoms with Gasteiger partial charge in [0.15, 0.2) is 0 Å². The normalized spacial score (nSPS) is 10.5. The minimum Gasteiger partial charge on any atom is -0.508 e. The van der Waals surface area contributed by atoms with Gasteiger partial charge in [-0.25, -0.2) is 0 Å². The number of ether oxygens (including phenoxy) is 1. The molecular weight excluding hydrogens is 242 g/mol. The topological polar surface area (TPSA) is 62.6 Å². The lowest BCUT2D eigenvalue weighted by molar-refractivity contribution is 0.276. The number of pyridine rings is 1. The summed E-state index contributed by atoms with van der Waals surface area (Å²) in [6.45, 7) is 3.69. The average Bonchev–Trinajstić information content (AvgIpc) is 2.36. The molecule has 0 amide bonds. The predicted molar refractivity (Wildman–Crippen MR) is 73.3 cm³/mol. The number of aryl methyl sites for hydroxylation is 2. The molecule has 0 aliphatic rings. The van der Waals surface area contributed by atoms with Crippen LogP contribution >= 0.6 is 0 Å². The van der Waals surface area contributed by atoms with E-state index in [2.05, 4.69) is 4.98 Å². The van der Waals surface area contributed by atoms with Gasteiger partial charge in [-0.15, -0.1) is 0 Å². The molecule has 0 saturated carbocycles. The van der Waals surface area contributed by atoms with Crippen LogP contribution in [0.4, 0.5) is 0 Å². The average molecular weight is 259 g/mol. The first-order valence-electron chi connectivity index (χ1n) is 6.01. The Hall–Kier alpha value is -2.07. The van der Waals surface area contributed by atoms with Crippen LogP contribution in [0.15, 0.2) is 24.3 Å². The van der Waals surface area contributed by atoms with Crippen molar-refractivity contribution in [2.75, 3.05) is 7.11 Å². The van der Waals surface area contributed by atoms with Crippen molar-refractivity contribution >= 4 is 0 Å². The first-order chi connectivity index (χ1) is 9.05. The van der Waals surface area contributed by atoms with Crippen LogP contribution in [0.25, 0.3) is 11.1 Å². The van der Waals surface area contributed by atoms with Crippen molar-refractivity contribution in [1.82, 2.24) is 4.98 Å². The highest BCUT2D eigenvalue weighted by molar-refractivity contribution is 5.75. The fourth-order valence-corrected chi connectivity index (χ4v) is 2.23. The van der Waals surface area contributed by atoms with E-state index in [-0.39, 0.29) is 12.4 Å². The van der Waals surface area contributed by atoms with Crippen molar-refractivity contribution in [2.24, 2.45) is 0 Å². The van der Waals surface area contributed by atoms with Gasteiger partial charge in [-0.1, -0.05) is 0 Å². The van der Waals surface area contributed by atoms with Gasteiger partial charge in [0.1, 0.15) is 11.5 Å². The van der Waals surface area contributed by atoms with Crippen LogP contribution in [-0.2, 0) is 6.61 Å². The van der Waals surface area contributed by atoms with Crippen LogP contribution < -0.4 is 4.74 Å². The second-order valence-corrected chi connectivity index (χ2v) is 4.49. The van der Waals surface area contributed by atoms with Crippen LogP contribution in [0, 0.1) is 13.8 Å². The predicted octanol–water partition coefficient (Wildman–Crippen LogP) is 2.57. The molecule has 0 bridgehead atoms. The molecule has 0 radical (unpaired) electrons. The molecule has 1 aromatic carbocycles. The highest BCUT2D eigenvalue weighted by Gasteiger charge is 2.12. The van der Waals surface area contributed by atoms with Crippen molar-refractivity contribution in [1.29, 1.82) is 0 Å². The van der Waals surface area contributed by atoms with E-state index in [1.165, 1.54) is 0 Å². The third-order valence-corrected chi connectivity index (χ3v) is 2.96. The van der Waals surface area contributed by atoms with Gasteiger partial charge in [0.25, 0.3) is 0 Å². The van der Waals surface area contributed by atoms with Crippen molar-refractivity contribution in [2.45, 2.75) is 20.5 Å². The number of hydrogen-bond donors (Lipinski definition) is 2. The first kappa shape index (κ1) is 13.4. The number of benzene rings is 1. The number of aromatic nitrogens is 1. The molecule has 0 aliphatic carbocycles. The fourth-order valence-electron chi connectivity index (χ4n) is 2.23. The van der Waals surface area contributed by atoms with E-state index >= 15 is 0 Å². The Morgan fingerprint density at radius 2 is 1.89 bits per heavy atom. The quantitative estimate of drug-likeness (QED) is 0.889. The number of methoxy groups -OCH3 is 1. The Balaban J connectivity index is 2.67. The molecule has 0 atom stereocenters. The monoisotopic (exact) mass is 259 g/mol. The van der Waals surface area contributed by atoms with E-state index in [0.717, 1.165) is 22.4 Å². The largest absolute Gasteiger partial charge is 0.508 e. The molecule has 2 N–H and O–H groups in total. The van der Waals surface area contributed by atoms with E-state index < -0.39 is 0 Å². The third kappa shape index (κ3) is 2.69. The minimum atomic E-state index is -0.103. The molecular formula is C15H17NO3. The minimum absolute atomic E-state index is 0.103. The maximum absolute atomic E-state index is 9.62. The summed E-state index contributed by atoms with van der Waals surface area (Å²) >= 11 is 0. The molecule has 0 spiro atoms. The summed E-state index contributed by atoms with van der Waals surface area (Å²) in [6, 6.07) is 7.03. The van der Waals surface area contributed by atoms with Crippen LogP contribution in [0.5, 0.6) is 11.5 Å². The van der Waals surface area contributed by atoms with E-state index in [4.69, 9.17) is 4.74 Å². The molecule has 0 saturated heterocycles. The van der Waals surface area contributed by atoms with Gasteiger partial charge in [-0.05, 0) is 43.2 Å². The summed E-state index contributed by atoms with van der Waals surface area (Å²) < 4.78 is 5.33. The zero-order chi connectivity index (χ0) is 14.0. The number of phenolic OH excluding ortho intramolecular Hbond substituents is 1. The van der Waals surface area contributed by atoms with Gasteiger partial charge in [0.2, 0.25) is 0 Å². The van der Waals surface area contributed by atoms with Gasteiger partial charge in [-0.3, -0.25) is 4.98 Å². The van der Waals surface area contributed by atoms with Gasteiger partial charge in [0, 0.05) is 17.3 Å². The summed E-state index contributed by atoms with van der Waals surface area (Å²) in [4.78, 5) is 4.24. The van der Waals surface area contributed by atoms with Crippen molar-refractivity contribution < 1.29 is 14.9 Å². The smallest absolute Gasteiger partial charge is 0.130 e. The Kier molecular flexibility index (Phi) is 3.71. The number of aromatic hydroxyl groups is 1. The molecule has 0 unspecified atom stereocenters. The highest BCUT2D eigenvalue weighted by atomic mass is 16.5.